The summed E-state index contributed by atoms with van der Waals surface area (Å²) in [6.45, 7) is 3.07. The molecule has 0 spiro atoms. The molecule has 1 aliphatic heterocycles. The summed E-state index contributed by atoms with van der Waals surface area (Å²) in [5, 5.41) is 7.55. The van der Waals surface area contributed by atoms with E-state index in [9.17, 15) is 26.4 Å². The van der Waals surface area contributed by atoms with Gasteiger partial charge in [0, 0.05) is 24.7 Å². The van der Waals surface area contributed by atoms with Crippen LogP contribution in [0, 0.1) is 5.92 Å². The van der Waals surface area contributed by atoms with Crippen molar-refractivity contribution in [2.45, 2.75) is 80.9 Å². The molecule has 1 unspecified atom stereocenters. The highest BCUT2D eigenvalue weighted by molar-refractivity contribution is 7.89. The Morgan fingerprint density at radius 3 is 2.04 bits per heavy atom. The molecule has 296 valence electrons. The number of rotatable bonds is 12. The fraction of sp³-hybridized carbons (Fsp3) is 0.459. The fourth-order valence-electron chi connectivity index (χ4n) is 6.09. The Hall–Kier alpha value is -3.99. The second kappa shape index (κ2) is 18.6. The number of aliphatic carboxylic acids is 1. The number of nitrogens with two attached hydrogens (primary N) is 1. The molecule has 1 amide bonds. The Morgan fingerprint density at radius 1 is 0.907 bits per heavy atom. The first-order valence-electron chi connectivity index (χ1n) is 17.4. The topological polar surface area (TPSA) is 148 Å². The number of benzene rings is 3. The minimum Gasteiger partial charge on any atom is -0.493 e. The van der Waals surface area contributed by atoms with Gasteiger partial charge in [-0.1, -0.05) is 61.2 Å². The lowest BCUT2D eigenvalue weighted by Gasteiger charge is -2.35. The van der Waals surface area contributed by atoms with Crippen LogP contribution in [0.25, 0.3) is 11.1 Å². The summed E-state index contributed by atoms with van der Waals surface area (Å²) in [6, 6.07) is 13.6. The van der Waals surface area contributed by atoms with Gasteiger partial charge < -0.3 is 25.2 Å². The predicted octanol–water partition coefficient (Wildman–Crippen LogP) is 7.39. The predicted molar refractivity (Wildman–Crippen MR) is 192 cm³/mol. The highest BCUT2D eigenvalue weighted by Gasteiger charge is 2.50. The number of hydrogen-bond donors (Lipinski definition) is 3. The standard InChI is InChI=1S/C35H42ClF2N3O5S.C2HF3O2/c1-2-45-32-22-26(10-17-31(32)36)25-8-11-27(12-9-25)35(37,38)33(34(42)41-20-18-28(39)19-21-41)40-47(43,44)30-15-13-29(14-16-30)46-23-24-6-4-3-5-7-24;3-2(4,5)1(6)7/h8-17,22,24,28,33,40H,2-7,18-21,23,39H2,1H3;(H,6,7). The van der Waals surface area contributed by atoms with Crippen LogP contribution in [-0.4, -0.2) is 74.9 Å². The van der Waals surface area contributed by atoms with E-state index in [1.54, 1.807) is 18.2 Å². The molecular weight excluding hydrogens is 761 g/mol. The SMILES string of the molecule is CCOc1cc(-c2ccc(C(F)(F)C(NS(=O)(=O)c3ccc(OCC4CCCCC4)cc3)C(=O)N3CCC(N)CC3)cc2)ccc1Cl.O=C(O)C(F)(F)F. The maximum Gasteiger partial charge on any atom is 0.490 e. The van der Waals surface area contributed by atoms with Gasteiger partial charge in [-0.15, -0.1) is 0 Å². The number of amides is 1. The lowest BCUT2D eigenvalue weighted by molar-refractivity contribution is -0.192. The molecule has 1 atom stereocenters. The van der Waals surface area contributed by atoms with E-state index < -0.39 is 45.6 Å². The first kappa shape index (κ1) is 42.7. The van der Waals surface area contributed by atoms with E-state index in [0.717, 1.165) is 12.8 Å². The Kier molecular flexibility index (Phi) is 14.7. The molecule has 54 heavy (non-hydrogen) atoms. The van der Waals surface area contributed by atoms with E-state index in [1.165, 1.54) is 72.7 Å². The molecule has 0 aromatic heterocycles. The van der Waals surface area contributed by atoms with Gasteiger partial charge in [-0.2, -0.15) is 26.7 Å². The van der Waals surface area contributed by atoms with Crippen LogP contribution in [0.2, 0.25) is 5.02 Å². The fourth-order valence-corrected chi connectivity index (χ4v) is 7.45. The largest absolute Gasteiger partial charge is 0.493 e. The number of carbonyl (C=O) groups is 2. The number of carboxylic acid groups (broad SMARTS) is 1. The van der Waals surface area contributed by atoms with Gasteiger partial charge in [0.2, 0.25) is 15.9 Å². The van der Waals surface area contributed by atoms with Crippen molar-refractivity contribution in [2.24, 2.45) is 11.7 Å². The summed E-state index contributed by atoms with van der Waals surface area (Å²) in [4.78, 5) is 23.6. The third-order valence-electron chi connectivity index (χ3n) is 9.15. The number of likely N-dealkylation sites (tertiary alicyclic amines) is 1. The van der Waals surface area contributed by atoms with Gasteiger partial charge in [-0.3, -0.25) is 4.79 Å². The van der Waals surface area contributed by atoms with Crippen LogP contribution in [0.4, 0.5) is 22.0 Å². The summed E-state index contributed by atoms with van der Waals surface area (Å²) in [5.74, 6) is -6.26. The molecule has 2 fully saturated rings. The summed E-state index contributed by atoms with van der Waals surface area (Å²) < 4.78 is 105. The van der Waals surface area contributed by atoms with E-state index >= 15 is 8.78 Å². The summed E-state index contributed by atoms with van der Waals surface area (Å²) in [7, 11) is -4.55. The number of nitrogens with one attached hydrogen (secondary N) is 1. The second-order valence-electron chi connectivity index (χ2n) is 13.1. The van der Waals surface area contributed by atoms with Crippen LogP contribution in [0.15, 0.2) is 71.6 Å². The van der Waals surface area contributed by atoms with Crippen molar-refractivity contribution < 1.29 is 54.5 Å². The summed E-state index contributed by atoms with van der Waals surface area (Å²) in [6.07, 6.45) is 1.55. The van der Waals surface area contributed by atoms with Crippen molar-refractivity contribution in [3.05, 3.63) is 77.3 Å². The minimum absolute atomic E-state index is 0.152. The molecule has 0 radical (unpaired) electrons. The van der Waals surface area contributed by atoms with Crippen LogP contribution >= 0.6 is 11.6 Å². The molecule has 1 heterocycles. The van der Waals surface area contributed by atoms with Crippen LogP contribution < -0.4 is 19.9 Å². The van der Waals surface area contributed by atoms with Crippen molar-refractivity contribution in [1.82, 2.24) is 9.62 Å². The third kappa shape index (κ3) is 11.5. The van der Waals surface area contributed by atoms with Gasteiger partial charge in [-0.05, 0) is 86.1 Å². The molecule has 1 saturated heterocycles. The quantitative estimate of drug-likeness (QED) is 0.161. The van der Waals surface area contributed by atoms with Gasteiger partial charge in [0.15, 0.2) is 6.04 Å². The van der Waals surface area contributed by atoms with Gasteiger partial charge >= 0.3 is 12.1 Å². The zero-order valence-corrected chi connectivity index (χ0v) is 31.0. The normalized spacial score (nSPS) is 16.6. The number of carbonyl (C=O) groups excluding carboxylic acids is 1. The zero-order chi connectivity index (χ0) is 39.7. The van der Waals surface area contributed by atoms with E-state index in [1.807, 2.05) is 6.92 Å². The molecular formula is C37H43ClF5N3O7S. The molecule has 0 bridgehead atoms. The minimum atomic E-state index is -5.08. The molecule has 4 N–H and O–H groups in total. The van der Waals surface area contributed by atoms with Crippen molar-refractivity contribution in [3.8, 4) is 22.6 Å². The summed E-state index contributed by atoms with van der Waals surface area (Å²) in [5.41, 5.74) is 6.77. The molecule has 17 heteroatoms. The number of nitrogens with zero attached hydrogens (tertiary/aromatic N) is 1. The molecule has 1 aliphatic carbocycles. The monoisotopic (exact) mass is 803 g/mol. The lowest BCUT2D eigenvalue weighted by atomic mass is 9.90. The molecule has 3 aromatic rings. The Bertz CT molecular complexity index is 1820. The van der Waals surface area contributed by atoms with Crippen molar-refractivity contribution in [3.63, 3.8) is 0 Å². The van der Waals surface area contributed by atoms with Crippen LogP contribution in [0.5, 0.6) is 11.5 Å². The number of hydrogen-bond acceptors (Lipinski definition) is 7. The number of sulfonamides is 1. The Labute approximate surface area is 315 Å². The maximum absolute atomic E-state index is 16.4. The Morgan fingerprint density at radius 2 is 1.48 bits per heavy atom. The van der Waals surface area contributed by atoms with Gasteiger partial charge in [0.25, 0.3) is 5.92 Å². The van der Waals surface area contributed by atoms with E-state index in [-0.39, 0.29) is 24.0 Å². The number of piperidine rings is 1. The molecule has 5 rings (SSSR count). The van der Waals surface area contributed by atoms with Crippen molar-refractivity contribution in [1.29, 1.82) is 0 Å². The van der Waals surface area contributed by atoms with Gasteiger partial charge in [0.05, 0.1) is 23.1 Å². The molecule has 1 saturated carbocycles. The number of carboxylic acids is 1. The van der Waals surface area contributed by atoms with E-state index in [2.05, 4.69) is 4.72 Å². The average molecular weight is 804 g/mol. The average Bonchev–Trinajstić information content (AvgIpc) is 3.14. The maximum atomic E-state index is 16.4. The molecule has 3 aromatic carbocycles. The van der Waals surface area contributed by atoms with E-state index in [0.29, 0.717) is 59.6 Å². The zero-order valence-electron chi connectivity index (χ0n) is 29.5. The molecule has 2 aliphatic rings. The smallest absolute Gasteiger partial charge is 0.490 e. The Balaban J connectivity index is 0.000000845. The first-order chi connectivity index (χ1) is 25.4. The molecule has 10 nitrogen and oxygen atoms in total. The summed E-state index contributed by atoms with van der Waals surface area (Å²) >= 11 is 6.20. The third-order valence-corrected chi connectivity index (χ3v) is 10.9. The lowest BCUT2D eigenvalue weighted by Crippen LogP contribution is -2.57. The number of halogens is 6. The van der Waals surface area contributed by atoms with Crippen LogP contribution in [0.3, 0.4) is 0 Å². The second-order valence-corrected chi connectivity index (χ2v) is 15.2. The number of alkyl halides is 5. The highest BCUT2D eigenvalue weighted by Crippen LogP contribution is 2.37. The van der Waals surface area contributed by atoms with Crippen molar-refractivity contribution >= 4 is 33.5 Å². The van der Waals surface area contributed by atoms with Crippen molar-refractivity contribution in [2.75, 3.05) is 26.3 Å². The van der Waals surface area contributed by atoms with Crippen LogP contribution in [-0.2, 0) is 25.5 Å². The first-order valence-corrected chi connectivity index (χ1v) is 19.3. The van der Waals surface area contributed by atoms with Gasteiger partial charge in [-0.25, -0.2) is 13.2 Å². The highest BCUT2D eigenvalue weighted by atomic mass is 35.5. The van der Waals surface area contributed by atoms with E-state index in [4.69, 9.17) is 36.7 Å². The van der Waals surface area contributed by atoms with Gasteiger partial charge in [0.1, 0.15) is 11.5 Å². The number of ether oxygens (including phenoxy) is 2. The van der Waals surface area contributed by atoms with Crippen LogP contribution in [0.1, 0.15) is 57.4 Å².